The van der Waals surface area contributed by atoms with Gasteiger partial charge >= 0.3 is 0 Å². The molecule has 23 heavy (non-hydrogen) atoms. The summed E-state index contributed by atoms with van der Waals surface area (Å²) in [6, 6.07) is 31.1. The summed E-state index contributed by atoms with van der Waals surface area (Å²) in [6.45, 7) is 0. The third-order valence-electron chi connectivity index (χ3n) is 3.89. The van der Waals surface area contributed by atoms with Crippen LogP contribution in [0.1, 0.15) is 0 Å². The Hall–Kier alpha value is -3.13. The Morgan fingerprint density at radius 1 is 0.565 bits per heavy atom. The summed E-state index contributed by atoms with van der Waals surface area (Å²) in [5.41, 5.74) is 2.20. The number of pyridine rings is 1. The van der Waals surface area contributed by atoms with E-state index in [-0.39, 0.29) is 0 Å². The molecule has 2 heteroatoms. The lowest BCUT2D eigenvalue weighted by Crippen LogP contribution is -2.11. The Bertz CT molecular complexity index is 873. The zero-order chi connectivity index (χ0) is 15.5. The largest absolute Gasteiger partial charge is 0.295 e. The van der Waals surface area contributed by atoms with Crippen molar-refractivity contribution in [1.29, 1.82) is 0 Å². The molecule has 3 aromatic carbocycles. The van der Waals surface area contributed by atoms with Crippen LogP contribution in [0.5, 0.6) is 0 Å². The van der Waals surface area contributed by atoms with Gasteiger partial charge in [-0.3, -0.25) is 4.90 Å². The minimum atomic E-state index is 0.945. The van der Waals surface area contributed by atoms with Crippen molar-refractivity contribution < 1.29 is 0 Å². The van der Waals surface area contributed by atoms with Gasteiger partial charge in [-0.1, -0.05) is 60.7 Å². The summed E-state index contributed by atoms with van der Waals surface area (Å²) < 4.78 is 0. The Kier molecular flexibility index (Phi) is 3.49. The van der Waals surface area contributed by atoms with Gasteiger partial charge in [-0.15, -0.1) is 0 Å². The number of anilines is 3. The summed E-state index contributed by atoms with van der Waals surface area (Å²) in [4.78, 5) is 6.88. The first-order valence-electron chi connectivity index (χ1n) is 7.67. The summed E-state index contributed by atoms with van der Waals surface area (Å²) in [5, 5.41) is 2.33. The minimum absolute atomic E-state index is 0.945. The Morgan fingerprint density at radius 2 is 1.13 bits per heavy atom. The highest BCUT2D eigenvalue weighted by molar-refractivity contribution is 5.96. The van der Waals surface area contributed by atoms with Crippen molar-refractivity contribution in [3.63, 3.8) is 0 Å². The van der Waals surface area contributed by atoms with Crippen molar-refractivity contribution in [3.8, 4) is 0 Å². The Morgan fingerprint density at radius 3 is 1.78 bits per heavy atom. The molecular weight excluding hydrogens is 280 g/mol. The standard InChI is InChI=1S/C21H16N2/c1-3-10-18(11-4-1)23(19-12-5-2-6-13-19)21-20-14-8-7-9-17(20)15-16-22-21/h1-16H. The zero-order valence-electron chi connectivity index (χ0n) is 12.6. The third-order valence-corrected chi connectivity index (χ3v) is 3.89. The fourth-order valence-electron chi connectivity index (χ4n) is 2.83. The highest BCUT2D eigenvalue weighted by Gasteiger charge is 2.15. The number of aromatic nitrogens is 1. The van der Waals surface area contributed by atoms with Gasteiger partial charge in [-0.25, -0.2) is 4.98 Å². The molecule has 0 bridgehead atoms. The molecule has 1 aromatic heterocycles. The number of hydrogen-bond donors (Lipinski definition) is 0. The molecule has 2 nitrogen and oxygen atoms in total. The molecule has 0 N–H and O–H groups in total. The van der Waals surface area contributed by atoms with Crippen LogP contribution in [0.2, 0.25) is 0 Å². The van der Waals surface area contributed by atoms with E-state index in [2.05, 4.69) is 82.7 Å². The molecule has 0 aliphatic heterocycles. The van der Waals surface area contributed by atoms with E-state index in [9.17, 15) is 0 Å². The third kappa shape index (κ3) is 2.55. The van der Waals surface area contributed by atoms with E-state index in [1.54, 1.807) is 0 Å². The number of fused-ring (bicyclic) bond motifs is 1. The topological polar surface area (TPSA) is 16.1 Å². The molecule has 0 amide bonds. The SMILES string of the molecule is c1ccc(N(c2ccccc2)c2nccc3ccccc23)cc1. The second-order valence-corrected chi connectivity index (χ2v) is 5.36. The Labute approximate surface area is 135 Å². The van der Waals surface area contributed by atoms with Crippen LogP contribution in [0.15, 0.2) is 97.2 Å². The van der Waals surface area contributed by atoms with Gasteiger partial charge in [0.1, 0.15) is 5.82 Å². The molecular formula is C21H16N2. The van der Waals surface area contributed by atoms with Crippen LogP contribution in [0.25, 0.3) is 10.8 Å². The maximum absolute atomic E-state index is 4.69. The molecule has 110 valence electrons. The molecule has 0 spiro atoms. The van der Waals surface area contributed by atoms with Gasteiger partial charge in [-0.05, 0) is 35.7 Å². The number of rotatable bonds is 3. The van der Waals surface area contributed by atoms with Crippen LogP contribution in [0, 0.1) is 0 Å². The van der Waals surface area contributed by atoms with E-state index in [1.165, 1.54) is 5.39 Å². The van der Waals surface area contributed by atoms with Crippen molar-refractivity contribution in [2.45, 2.75) is 0 Å². The first kappa shape index (κ1) is 13.5. The summed E-state index contributed by atoms with van der Waals surface area (Å²) in [7, 11) is 0. The molecule has 0 atom stereocenters. The van der Waals surface area contributed by atoms with Crippen molar-refractivity contribution in [2.24, 2.45) is 0 Å². The van der Waals surface area contributed by atoms with Crippen LogP contribution in [-0.4, -0.2) is 4.98 Å². The molecule has 0 saturated heterocycles. The van der Waals surface area contributed by atoms with Gasteiger partial charge in [0.25, 0.3) is 0 Å². The van der Waals surface area contributed by atoms with Gasteiger partial charge in [0.05, 0.1) is 0 Å². The predicted octanol–water partition coefficient (Wildman–Crippen LogP) is 5.70. The number of benzene rings is 3. The average Bonchev–Trinajstić information content (AvgIpc) is 2.64. The summed E-state index contributed by atoms with van der Waals surface area (Å²) in [6.07, 6.45) is 1.87. The first-order chi connectivity index (χ1) is 11.4. The highest BCUT2D eigenvalue weighted by Crippen LogP contribution is 2.36. The van der Waals surface area contributed by atoms with Crippen LogP contribution in [0.3, 0.4) is 0 Å². The molecule has 4 aromatic rings. The fourth-order valence-corrected chi connectivity index (χ4v) is 2.83. The quantitative estimate of drug-likeness (QED) is 0.482. The van der Waals surface area contributed by atoms with Crippen molar-refractivity contribution in [1.82, 2.24) is 4.98 Å². The second kappa shape index (κ2) is 5.93. The lowest BCUT2D eigenvalue weighted by molar-refractivity contribution is 1.20. The molecule has 0 aliphatic rings. The van der Waals surface area contributed by atoms with Crippen LogP contribution in [0.4, 0.5) is 17.2 Å². The molecule has 0 radical (unpaired) electrons. The summed E-state index contributed by atoms with van der Waals surface area (Å²) in [5.74, 6) is 0.945. The molecule has 4 rings (SSSR count). The van der Waals surface area contributed by atoms with Crippen LogP contribution < -0.4 is 4.90 Å². The number of hydrogen-bond acceptors (Lipinski definition) is 2. The molecule has 0 aliphatic carbocycles. The minimum Gasteiger partial charge on any atom is -0.295 e. The predicted molar refractivity (Wildman–Crippen MR) is 96.4 cm³/mol. The van der Waals surface area contributed by atoms with E-state index < -0.39 is 0 Å². The van der Waals surface area contributed by atoms with E-state index in [0.717, 1.165) is 22.6 Å². The molecule has 1 heterocycles. The van der Waals surface area contributed by atoms with E-state index >= 15 is 0 Å². The fraction of sp³-hybridized carbons (Fsp3) is 0. The second-order valence-electron chi connectivity index (χ2n) is 5.36. The van der Waals surface area contributed by atoms with Gasteiger partial charge in [-0.2, -0.15) is 0 Å². The molecule has 0 saturated carbocycles. The lowest BCUT2D eigenvalue weighted by atomic mass is 10.1. The van der Waals surface area contributed by atoms with Gasteiger partial charge in [0, 0.05) is 23.0 Å². The van der Waals surface area contributed by atoms with Gasteiger partial charge in [0.15, 0.2) is 0 Å². The maximum atomic E-state index is 4.69. The lowest BCUT2D eigenvalue weighted by Gasteiger charge is -2.25. The van der Waals surface area contributed by atoms with Crippen LogP contribution in [-0.2, 0) is 0 Å². The Balaban J connectivity index is 1.98. The monoisotopic (exact) mass is 296 g/mol. The summed E-state index contributed by atoms with van der Waals surface area (Å²) >= 11 is 0. The van der Waals surface area contributed by atoms with Crippen molar-refractivity contribution in [3.05, 3.63) is 97.2 Å². The van der Waals surface area contributed by atoms with E-state index in [0.29, 0.717) is 0 Å². The normalized spacial score (nSPS) is 10.6. The average molecular weight is 296 g/mol. The van der Waals surface area contributed by atoms with E-state index in [1.807, 2.05) is 24.4 Å². The van der Waals surface area contributed by atoms with Gasteiger partial charge in [0.2, 0.25) is 0 Å². The van der Waals surface area contributed by atoms with Crippen molar-refractivity contribution in [2.75, 3.05) is 4.90 Å². The smallest absolute Gasteiger partial charge is 0.145 e. The van der Waals surface area contributed by atoms with Crippen LogP contribution >= 0.6 is 0 Å². The highest BCUT2D eigenvalue weighted by atomic mass is 15.2. The first-order valence-corrected chi connectivity index (χ1v) is 7.67. The molecule has 0 fully saturated rings. The van der Waals surface area contributed by atoms with Gasteiger partial charge < -0.3 is 0 Å². The van der Waals surface area contributed by atoms with E-state index in [4.69, 9.17) is 0 Å². The zero-order valence-corrected chi connectivity index (χ0v) is 12.6. The van der Waals surface area contributed by atoms with Crippen molar-refractivity contribution >= 4 is 28.0 Å². The molecule has 0 unspecified atom stereocenters. The number of para-hydroxylation sites is 2. The maximum Gasteiger partial charge on any atom is 0.145 e. The number of nitrogens with zero attached hydrogens (tertiary/aromatic N) is 2.